The van der Waals surface area contributed by atoms with Crippen molar-refractivity contribution in [3.8, 4) is 11.9 Å². The fraction of sp³-hybridized carbons (Fsp3) is 0.381. The summed E-state index contributed by atoms with van der Waals surface area (Å²) in [5, 5.41) is 31.5. The van der Waals surface area contributed by atoms with Gasteiger partial charge in [0.1, 0.15) is 11.6 Å². The van der Waals surface area contributed by atoms with E-state index in [4.69, 9.17) is 0 Å². The van der Waals surface area contributed by atoms with Crippen molar-refractivity contribution >= 4 is 17.6 Å². The van der Waals surface area contributed by atoms with Crippen LogP contribution in [0.2, 0.25) is 0 Å². The molecule has 1 aromatic carbocycles. The molecule has 1 N–H and O–H groups in total. The molecule has 1 aliphatic carbocycles. The molecule has 1 aromatic heterocycles. The van der Waals surface area contributed by atoms with Crippen LogP contribution in [0.15, 0.2) is 28.0 Å². The lowest BCUT2D eigenvalue weighted by Gasteiger charge is -2.26. The van der Waals surface area contributed by atoms with Crippen molar-refractivity contribution in [2.45, 2.75) is 52.0 Å². The van der Waals surface area contributed by atoms with E-state index in [-0.39, 0.29) is 28.7 Å². The molecule has 0 atom stereocenters. The van der Waals surface area contributed by atoms with Crippen molar-refractivity contribution < 1.29 is 10.0 Å². The molecule has 0 unspecified atom stereocenters. The third-order valence-corrected chi connectivity index (χ3v) is 5.46. The first kappa shape index (κ1) is 20.3. The van der Waals surface area contributed by atoms with Crippen LogP contribution in [0.5, 0.6) is 5.88 Å². The highest BCUT2D eigenvalue weighted by Crippen LogP contribution is 2.32. The molecule has 0 amide bonds. The fourth-order valence-electron chi connectivity index (χ4n) is 3.79. The van der Waals surface area contributed by atoms with E-state index in [1.165, 1.54) is 16.8 Å². The van der Waals surface area contributed by atoms with E-state index in [9.17, 15) is 25.3 Å². The zero-order valence-electron chi connectivity index (χ0n) is 16.4. The van der Waals surface area contributed by atoms with Crippen molar-refractivity contribution in [1.29, 1.82) is 5.26 Å². The molecule has 0 saturated heterocycles. The van der Waals surface area contributed by atoms with Gasteiger partial charge in [0.05, 0.1) is 16.2 Å². The van der Waals surface area contributed by atoms with Crippen molar-refractivity contribution in [3.05, 3.63) is 60.9 Å². The Morgan fingerprint density at radius 2 is 2.00 bits per heavy atom. The molecule has 29 heavy (non-hydrogen) atoms. The zero-order chi connectivity index (χ0) is 21.1. The lowest BCUT2D eigenvalue weighted by atomic mass is 9.94. The zero-order valence-corrected chi connectivity index (χ0v) is 16.4. The van der Waals surface area contributed by atoms with E-state index in [2.05, 4.69) is 4.99 Å². The number of aliphatic imine (C=N–C) groups is 1. The highest BCUT2D eigenvalue weighted by atomic mass is 16.6. The first-order valence-electron chi connectivity index (χ1n) is 9.52. The minimum absolute atomic E-state index is 0.0234. The van der Waals surface area contributed by atoms with Crippen LogP contribution in [0, 0.1) is 35.3 Å². The Bertz CT molecular complexity index is 1090. The molecule has 1 aliphatic rings. The number of rotatable bonds is 4. The smallest absolute Gasteiger partial charge is 0.274 e. The summed E-state index contributed by atoms with van der Waals surface area (Å²) in [4.78, 5) is 27.7. The molecule has 0 aliphatic heterocycles. The van der Waals surface area contributed by atoms with Crippen LogP contribution in [0.1, 0.15) is 60.4 Å². The fourth-order valence-corrected chi connectivity index (χ4v) is 3.79. The van der Waals surface area contributed by atoms with Crippen molar-refractivity contribution in [1.82, 2.24) is 4.57 Å². The Morgan fingerprint density at radius 1 is 1.31 bits per heavy atom. The Labute approximate surface area is 167 Å². The Kier molecular flexibility index (Phi) is 5.78. The van der Waals surface area contributed by atoms with E-state index in [0.29, 0.717) is 16.8 Å². The van der Waals surface area contributed by atoms with E-state index >= 15 is 0 Å². The number of nitro benzene ring substituents is 1. The lowest BCUT2D eigenvalue weighted by molar-refractivity contribution is -0.385. The predicted molar refractivity (Wildman–Crippen MR) is 109 cm³/mol. The number of pyridine rings is 1. The number of aromatic hydroxyl groups is 1. The molecule has 1 saturated carbocycles. The Hall–Kier alpha value is -3.47. The van der Waals surface area contributed by atoms with Gasteiger partial charge in [0.2, 0.25) is 5.88 Å². The summed E-state index contributed by atoms with van der Waals surface area (Å²) in [6.45, 7) is 3.23. The number of aromatic nitrogens is 1. The maximum absolute atomic E-state index is 12.8. The number of nitriles is 1. The number of aryl methyl sites for hydroxylation is 1. The summed E-state index contributed by atoms with van der Waals surface area (Å²) >= 11 is 0. The average Bonchev–Trinajstić information content (AvgIpc) is 2.70. The number of benzene rings is 1. The van der Waals surface area contributed by atoms with Gasteiger partial charge in [-0.25, -0.2) is 0 Å². The van der Waals surface area contributed by atoms with E-state index in [1.54, 1.807) is 26.0 Å². The molecule has 0 radical (unpaired) electrons. The van der Waals surface area contributed by atoms with Crippen LogP contribution >= 0.6 is 0 Å². The summed E-state index contributed by atoms with van der Waals surface area (Å²) in [5.74, 6) is -0.219. The molecular formula is C21H22N4O4. The molecule has 8 heteroatoms. The molecule has 0 spiro atoms. The topological polar surface area (TPSA) is 122 Å². The van der Waals surface area contributed by atoms with Gasteiger partial charge < -0.3 is 5.11 Å². The maximum atomic E-state index is 12.8. The molecule has 150 valence electrons. The molecule has 3 rings (SSSR count). The summed E-state index contributed by atoms with van der Waals surface area (Å²) in [6, 6.07) is 6.37. The van der Waals surface area contributed by atoms with Gasteiger partial charge in [-0.3, -0.25) is 24.5 Å². The van der Waals surface area contributed by atoms with E-state index in [1.807, 2.05) is 6.07 Å². The van der Waals surface area contributed by atoms with Gasteiger partial charge in [-0.1, -0.05) is 25.3 Å². The second-order valence-electron chi connectivity index (χ2n) is 7.30. The molecule has 2 aromatic rings. The van der Waals surface area contributed by atoms with E-state index < -0.39 is 10.5 Å². The maximum Gasteiger partial charge on any atom is 0.274 e. The third kappa shape index (κ3) is 3.90. The lowest BCUT2D eigenvalue weighted by Crippen LogP contribution is -2.30. The van der Waals surface area contributed by atoms with Gasteiger partial charge in [0.25, 0.3) is 11.2 Å². The summed E-state index contributed by atoms with van der Waals surface area (Å²) in [5.41, 5.74) is 0.913. The molecule has 1 fully saturated rings. The van der Waals surface area contributed by atoms with Gasteiger partial charge >= 0.3 is 0 Å². The van der Waals surface area contributed by atoms with Crippen LogP contribution in [-0.2, 0) is 0 Å². The van der Waals surface area contributed by atoms with Gasteiger partial charge in [0, 0.05) is 23.9 Å². The van der Waals surface area contributed by atoms with Crippen LogP contribution in [0.4, 0.5) is 11.4 Å². The second-order valence-corrected chi connectivity index (χ2v) is 7.30. The van der Waals surface area contributed by atoms with Crippen molar-refractivity contribution in [2.75, 3.05) is 0 Å². The summed E-state index contributed by atoms with van der Waals surface area (Å²) in [6.07, 6.45) is 5.90. The van der Waals surface area contributed by atoms with Crippen LogP contribution in [0.3, 0.4) is 0 Å². The summed E-state index contributed by atoms with van der Waals surface area (Å²) < 4.78 is 1.31. The highest BCUT2D eigenvalue weighted by molar-refractivity contribution is 5.87. The molecule has 8 nitrogen and oxygen atoms in total. The number of hydrogen-bond donors (Lipinski definition) is 1. The Balaban J connectivity index is 2.11. The first-order chi connectivity index (χ1) is 13.8. The SMILES string of the molecule is Cc1ccc(N=Cc2c(C)c(C#N)c(=O)n(C3CCCCC3)c2O)cc1[N+](=O)[O-]. The Morgan fingerprint density at radius 3 is 2.62 bits per heavy atom. The van der Waals surface area contributed by atoms with Crippen molar-refractivity contribution in [2.24, 2.45) is 4.99 Å². The van der Waals surface area contributed by atoms with E-state index in [0.717, 1.165) is 32.1 Å². The monoisotopic (exact) mass is 394 g/mol. The highest BCUT2D eigenvalue weighted by Gasteiger charge is 2.24. The van der Waals surface area contributed by atoms with Crippen LogP contribution in [-0.4, -0.2) is 20.8 Å². The summed E-state index contributed by atoms with van der Waals surface area (Å²) in [7, 11) is 0. The average molecular weight is 394 g/mol. The predicted octanol–water partition coefficient (Wildman–Crippen LogP) is 4.21. The van der Waals surface area contributed by atoms with Crippen LogP contribution in [0.25, 0.3) is 0 Å². The second kappa shape index (κ2) is 8.27. The van der Waals surface area contributed by atoms with Gasteiger partial charge in [0.15, 0.2) is 0 Å². The molecular weight excluding hydrogens is 372 g/mol. The standard InChI is InChI=1S/C21H22N4O4/c1-13-8-9-15(10-19(13)25(28)29)23-12-18-14(2)17(11-22)20(26)24(21(18)27)16-6-4-3-5-7-16/h8-10,12,16,27H,3-7H2,1-2H3. The number of nitro groups is 1. The number of nitrogens with zero attached hydrogens (tertiary/aromatic N) is 4. The van der Waals surface area contributed by atoms with Crippen molar-refractivity contribution in [3.63, 3.8) is 0 Å². The quantitative estimate of drug-likeness (QED) is 0.473. The minimum atomic E-state index is -0.488. The largest absolute Gasteiger partial charge is 0.494 e. The molecule has 0 bridgehead atoms. The van der Waals surface area contributed by atoms with Gasteiger partial charge in [-0.05, 0) is 38.3 Å². The van der Waals surface area contributed by atoms with Gasteiger partial charge in [-0.15, -0.1) is 0 Å². The number of hydrogen-bond acceptors (Lipinski definition) is 6. The van der Waals surface area contributed by atoms with Gasteiger partial charge in [-0.2, -0.15) is 5.26 Å². The minimum Gasteiger partial charge on any atom is -0.494 e. The normalized spacial score (nSPS) is 14.8. The third-order valence-electron chi connectivity index (χ3n) is 5.46. The molecule has 1 heterocycles. The van der Waals surface area contributed by atoms with Crippen LogP contribution < -0.4 is 5.56 Å². The first-order valence-corrected chi connectivity index (χ1v) is 9.52.